The number of hydrogen-bond acceptors (Lipinski definition) is 2. The van der Waals surface area contributed by atoms with Crippen LogP contribution in [0.25, 0.3) is 0 Å². The highest BCUT2D eigenvalue weighted by Crippen LogP contribution is 2.35. The molecule has 0 radical (unpaired) electrons. The molecule has 0 spiro atoms. The van der Waals surface area contributed by atoms with E-state index in [2.05, 4.69) is 39.9 Å². The van der Waals surface area contributed by atoms with Crippen LogP contribution in [0.3, 0.4) is 0 Å². The lowest BCUT2D eigenvalue weighted by molar-refractivity contribution is 0.555. The molecule has 0 amide bonds. The molecule has 102 valence electrons. The molecular weight excluding hydrogens is 245 g/mol. The summed E-state index contributed by atoms with van der Waals surface area (Å²) in [5, 5.41) is 3.76. The summed E-state index contributed by atoms with van der Waals surface area (Å²) in [5.74, 6) is 0.437. The molecule has 1 N–H and O–H groups in total. The molecule has 1 aromatic carbocycles. The number of nitrogens with one attached hydrogen (secondary N) is 1. The lowest BCUT2D eigenvalue weighted by atomic mass is 10.1. The van der Waals surface area contributed by atoms with Crippen LogP contribution in [0.15, 0.2) is 23.1 Å². The van der Waals surface area contributed by atoms with E-state index < -0.39 is 0 Å². The maximum Gasteiger partial charge on any atom is 0.137 e. The van der Waals surface area contributed by atoms with Gasteiger partial charge in [0, 0.05) is 16.2 Å². The van der Waals surface area contributed by atoms with Crippen LogP contribution in [-0.4, -0.2) is 11.8 Å². The van der Waals surface area contributed by atoms with Crippen molar-refractivity contribution in [3.8, 4) is 0 Å². The zero-order valence-electron chi connectivity index (χ0n) is 12.0. The van der Waals surface area contributed by atoms with Crippen molar-refractivity contribution < 1.29 is 4.39 Å². The molecule has 0 bridgehead atoms. The van der Waals surface area contributed by atoms with Gasteiger partial charge >= 0.3 is 0 Å². The Labute approximate surface area is 115 Å². The third kappa shape index (κ3) is 3.99. The van der Waals surface area contributed by atoms with E-state index in [4.69, 9.17) is 0 Å². The number of rotatable bonds is 6. The second-order valence-corrected chi connectivity index (χ2v) is 6.39. The highest BCUT2D eigenvalue weighted by Gasteiger charge is 2.18. The summed E-state index contributed by atoms with van der Waals surface area (Å²) in [6, 6.07) is 5.55. The lowest BCUT2D eigenvalue weighted by Gasteiger charge is -2.21. The van der Waals surface area contributed by atoms with E-state index in [1.165, 1.54) is 0 Å². The van der Waals surface area contributed by atoms with Crippen molar-refractivity contribution in [2.45, 2.75) is 50.8 Å². The summed E-state index contributed by atoms with van der Waals surface area (Å²) in [6.07, 6.45) is 0. The molecule has 2 atom stereocenters. The molecule has 18 heavy (non-hydrogen) atoms. The van der Waals surface area contributed by atoms with E-state index in [1.807, 2.05) is 6.07 Å². The molecule has 0 fully saturated rings. The Morgan fingerprint density at radius 2 is 1.89 bits per heavy atom. The predicted molar refractivity (Wildman–Crippen MR) is 78.6 cm³/mol. The Bertz CT molecular complexity index is 379. The van der Waals surface area contributed by atoms with Crippen LogP contribution in [0.2, 0.25) is 0 Å². The molecule has 0 saturated heterocycles. The quantitative estimate of drug-likeness (QED) is 0.755. The first-order chi connectivity index (χ1) is 8.47. The first kappa shape index (κ1) is 15.5. The minimum Gasteiger partial charge on any atom is -0.310 e. The Balaban J connectivity index is 3.00. The zero-order valence-corrected chi connectivity index (χ0v) is 12.8. The minimum atomic E-state index is -0.102. The van der Waals surface area contributed by atoms with Gasteiger partial charge in [0.25, 0.3) is 0 Å². The van der Waals surface area contributed by atoms with Crippen molar-refractivity contribution in [1.29, 1.82) is 0 Å². The summed E-state index contributed by atoms with van der Waals surface area (Å²) in [5.41, 5.74) is 1.06. The number of thioether (sulfide) groups is 1. The van der Waals surface area contributed by atoms with Crippen molar-refractivity contribution in [2.75, 3.05) is 6.54 Å². The highest BCUT2D eigenvalue weighted by molar-refractivity contribution is 8.00. The van der Waals surface area contributed by atoms with Crippen molar-refractivity contribution >= 4 is 11.8 Å². The van der Waals surface area contributed by atoms with Gasteiger partial charge in [-0.2, -0.15) is 0 Å². The van der Waals surface area contributed by atoms with Crippen LogP contribution in [0.4, 0.5) is 4.39 Å². The van der Waals surface area contributed by atoms with Crippen LogP contribution < -0.4 is 5.32 Å². The van der Waals surface area contributed by atoms with Gasteiger partial charge in [0.15, 0.2) is 0 Å². The highest BCUT2D eigenvalue weighted by atomic mass is 32.2. The Morgan fingerprint density at radius 3 is 2.44 bits per heavy atom. The molecule has 3 heteroatoms. The van der Waals surface area contributed by atoms with Crippen LogP contribution in [-0.2, 0) is 0 Å². The van der Waals surface area contributed by atoms with Gasteiger partial charge < -0.3 is 5.32 Å². The molecule has 0 heterocycles. The number of hydrogen-bond donors (Lipinski definition) is 1. The molecule has 0 saturated carbocycles. The van der Waals surface area contributed by atoms with Gasteiger partial charge in [0.05, 0.1) is 0 Å². The van der Waals surface area contributed by atoms with Crippen molar-refractivity contribution in [3.05, 3.63) is 29.6 Å². The first-order valence-electron chi connectivity index (χ1n) is 6.65. The van der Waals surface area contributed by atoms with Gasteiger partial charge in [0.1, 0.15) is 5.82 Å². The summed E-state index contributed by atoms with van der Waals surface area (Å²) in [7, 11) is 0. The van der Waals surface area contributed by atoms with Crippen LogP contribution in [0.1, 0.15) is 46.2 Å². The molecular formula is C15H24FNS. The van der Waals surface area contributed by atoms with Gasteiger partial charge in [-0.3, -0.25) is 0 Å². The second-order valence-electron chi connectivity index (χ2n) is 5.00. The smallest absolute Gasteiger partial charge is 0.137 e. The fourth-order valence-corrected chi connectivity index (χ4v) is 2.93. The van der Waals surface area contributed by atoms with Crippen molar-refractivity contribution in [2.24, 2.45) is 5.92 Å². The third-order valence-corrected chi connectivity index (χ3v) is 4.80. The maximum absolute atomic E-state index is 14.0. The van der Waals surface area contributed by atoms with Crippen LogP contribution in [0.5, 0.6) is 0 Å². The van der Waals surface area contributed by atoms with E-state index in [0.29, 0.717) is 11.2 Å². The fourth-order valence-electron chi connectivity index (χ4n) is 1.73. The zero-order chi connectivity index (χ0) is 13.7. The monoisotopic (exact) mass is 269 g/mol. The average molecular weight is 269 g/mol. The molecule has 1 rings (SSSR count). The minimum absolute atomic E-state index is 0.102. The Hall–Kier alpha value is -0.540. The van der Waals surface area contributed by atoms with Gasteiger partial charge in [-0.1, -0.05) is 39.8 Å². The number of benzene rings is 1. The van der Waals surface area contributed by atoms with Crippen molar-refractivity contribution in [1.82, 2.24) is 5.32 Å². The van der Waals surface area contributed by atoms with Crippen LogP contribution in [0, 0.1) is 11.7 Å². The fraction of sp³-hybridized carbons (Fsp3) is 0.600. The first-order valence-corrected chi connectivity index (χ1v) is 7.53. The standard InChI is InChI=1S/C15H24FNS/c1-6-17-11(4)13-8-7-9-14(16)15(13)18-12(5)10(2)3/h7-12,17H,6H2,1-5H3. The van der Waals surface area contributed by atoms with E-state index >= 15 is 0 Å². The SMILES string of the molecule is CCNC(C)c1cccc(F)c1SC(C)C(C)C. The summed E-state index contributed by atoms with van der Waals surface area (Å²) in [6.45, 7) is 11.5. The van der Waals surface area contributed by atoms with Gasteiger partial charge in [-0.25, -0.2) is 4.39 Å². The molecule has 0 aliphatic rings. The summed E-state index contributed by atoms with van der Waals surface area (Å²) >= 11 is 1.64. The Kier molecular flexibility index (Phi) is 6.16. The van der Waals surface area contributed by atoms with Gasteiger partial charge in [-0.15, -0.1) is 11.8 Å². The van der Waals surface area contributed by atoms with E-state index in [0.717, 1.165) is 17.0 Å². The summed E-state index contributed by atoms with van der Waals surface area (Å²) in [4.78, 5) is 0.798. The predicted octanol–water partition coefficient (Wildman–Crippen LogP) is 4.63. The largest absolute Gasteiger partial charge is 0.310 e. The number of halogens is 1. The van der Waals surface area contributed by atoms with E-state index in [-0.39, 0.29) is 11.9 Å². The molecule has 2 unspecified atom stereocenters. The van der Waals surface area contributed by atoms with Crippen LogP contribution >= 0.6 is 11.8 Å². The molecule has 0 aliphatic heterocycles. The molecule has 1 nitrogen and oxygen atoms in total. The normalized spacial score (nSPS) is 14.8. The lowest BCUT2D eigenvalue weighted by Crippen LogP contribution is -2.19. The Morgan fingerprint density at radius 1 is 1.22 bits per heavy atom. The third-order valence-electron chi connectivity index (χ3n) is 3.22. The average Bonchev–Trinajstić information content (AvgIpc) is 2.31. The van der Waals surface area contributed by atoms with Gasteiger partial charge in [0.2, 0.25) is 0 Å². The molecule has 0 aromatic heterocycles. The van der Waals surface area contributed by atoms with E-state index in [9.17, 15) is 4.39 Å². The van der Waals surface area contributed by atoms with Crippen molar-refractivity contribution in [3.63, 3.8) is 0 Å². The molecule has 0 aliphatic carbocycles. The topological polar surface area (TPSA) is 12.0 Å². The van der Waals surface area contributed by atoms with Gasteiger partial charge in [-0.05, 0) is 31.0 Å². The maximum atomic E-state index is 14.0. The van der Waals surface area contributed by atoms with E-state index in [1.54, 1.807) is 23.9 Å². The molecule has 1 aromatic rings. The second kappa shape index (κ2) is 7.15. The summed E-state index contributed by atoms with van der Waals surface area (Å²) < 4.78 is 14.0.